The molecule has 2 rings (SSSR count). The Morgan fingerprint density at radius 3 is 2.96 bits per heavy atom. The summed E-state index contributed by atoms with van der Waals surface area (Å²) in [7, 11) is 1.56. The van der Waals surface area contributed by atoms with Gasteiger partial charge >= 0.3 is 0 Å². The van der Waals surface area contributed by atoms with Crippen molar-refractivity contribution in [2.24, 2.45) is 5.92 Å². The molecule has 0 heterocycles. The van der Waals surface area contributed by atoms with Gasteiger partial charge in [-0.2, -0.15) is 5.26 Å². The fraction of sp³-hybridized carbons (Fsp3) is 0.579. The minimum atomic E-state index is -0.835. The SMILES string of the molecule is COCCOCc1cc(C(=O)N[C@@]2(C#N)CCC[C@H](C)C2)ccc1F. The summed E-state index contributed by atoms with van der Waals surface area (Å²) in [6.45, 7) is 2.92. The highest BCUT2D eigenvalue weighted by molar-refractivity contribution is 5.95. The molecule has 1 N–H and O–H groups in total. The third-order valence-corrected chi connectivity index (χ3v) is 4.56. The molecular weight excluding hydrogens is 323 g/mol. The Morgan fingerprint density at radius 1 is 1.48 bits per heavy atom. The zero-order chi connectivity index (χ0) is 18.3. The molecule has 25 heavy (non-hydrogen) atoms. The van der Waals surface area contributed by atoms with Gasteiger partial charge in [0.2, 0.25) is 0 Å². The van der Waals surface area contributed by atoms with Crippen LogP contribution in [0.1, 0.15) is 48.5 Å². The maximum atomic E-state index is 13.9. The Labute approximate surface area is 148 Å². The molecule has 0 bridgehead atoms. The van der Waals surface area contributed by atoms with Crippen molar-refractivity contribution in [1.82, 2.24) is 5.32 Å². The molecule has 1 aliphatic rings. The Kier molecular flexibility index (Phi) is 6.91. The van der Waals surface area contributed by atoms with Crippen LogP contribution in [-0.2, 0) is 16.1 Å². The number of methoxy groups -OCH3 is 1. The molecular formula is C19H25FN2O3. The summed E-state index contributed by atoms with van der Waals surface area (Å²) in [5, 5.41) is 12.4. The zero-order valence-corrected chi connectivity index (χ0v) is 14.8. The van der Waals surface area contributed by atoms with Crippen LogP contribution >= 0.6 is 0 Å². The number of carbonyl (C=O) groups is 1. The van der Waals surface area contributed by atoms with E-state index in [0.717, 1.165) is 12.8 Å². The minimum Gasteiger partial charge on any atom is -0.382 e. The van der Waals surface area contributed by atoms with Gasteiger partial charge in [0.15, 0.2) is 0 Å². The number of rotatable bonds is 7. The monoisotopic (exact) mass is 348 g/mol. The van der Waals surface area contributed by atoms with Crippen LogP contribution in [0.4, 0.5) is 4.39 Å². The van der Waals surface area contributed by atoms with Gasteiger partial charge in [-0.25, -0.2) is 4.39 Å². The first-order valence-corrected chi connectivity index (χ1v) is 8.58. The van der Waals surface area contributed by atoms with Crippen molar-refractivity contribution in [1.29, 1.82) is 5.26 Å². The summed E-state index contributed by atoms with van der Waals surface area (Å²) in [6, 6.07) is 6.45. The molecule has 0 aromatic heterocycles. The van der Waals surface area contributed by atoms with Crippen LogP contribution in [-0.4, -0.2) is 31.8 Å². The molecule has 5 nitrogen and oxygen atoms in total. The molecule has 1 fully saturated rings. The van der Waals surface area contributed by atoms with Crippen LogP contribution in [0, 0.1) is 23.1 Å². The van der Waals surface area contributed by atoms with Crippen LogP contribution in [0.3, 0.4) is 0 Å². The topological polar surface area (TPSA) is 71.3 Å². The largest absolute Gasteiger partial charge is 0.382 e. The lowest BCUT2D eigenvalue weighted by Crippen LogP contribution is -2.50. The number of benzene rings is 1. The van der Waals surface area contributed by atoms with Gasteiger partial charge in [0, 0.05) is 18.2 Å². The summed E-state index contributed by atoms with van der Waals surface area (Å²) in [6.07, 6.45) is 3.27. The third-order valence-electron chi connectivity index (χ3n) is 4.56. The quantitative estimate of drug-likeness (QED) is 0.768. The van der Waals surface area contributed by atoms with Gasteiger partial charge in [0.05, 0.1) is 25.9 Å². The molecule has 0 unspecified atom stereocenters. The lowest BCUT2D eigenvalue weighted by molar-refractivity contribution is 0.0603. The van der Waals surface area contributed by atoms with Gasteiger partial charge in [-0.1, -0.05) is 13.3 Å². The van der Waals surface area contributed by atoms with Gasteiger partial charge < -0.3 is 14.8 Å². The van der Waals surface area contributed by atoms with E-state index in [1.807, 2.05) is 0 Å². The number of halogens is 1. The predicted octanol–water partition coefficient (Wildman–Crippen LogP) is 3.19. The molecule has 1 amide bonds. The molecule has 1 aromatic carbocycles. The predicted molar refractivity (Wildman–Crippen MR) is 91.4 cm³/mol. The first-order chi connectivity index (χ1) is 12.0. The number of hydrogen-bond donors (Lipinski definition) is 1. The van der Waals surface area contributed by atoms with Crippen molar-refractivity contribution in [2.75, 3.05) is 20.3 Å². The number of hydrogen-bond acceptors (Lipinski definition) is 4. The van der Waals surface area contributed by atoms with Crippen molar-refractivity contribution >= 4 is 5.91 Å². The van der Waals surface area contributed by atoms with E-state index < -0.39 is 11.4 Å². The second kappa shape index (κ2) is 8.93. The molecule has 1 aliphatic carbocycles. The maximum Gasteiger partial charge on any atom is 0.252 e. The first-order valence-electron chi connectivity index (χ1n) is 8.58. The second-order valence-electron chi connectivity index (χ2n) is 6.70. The fourth-order valence-electron chi connectivity index (χ4n) is 3.23. The molecule has 0 saturated heterocycles. The van der Waals surface area contributed by atoms with E-state index in [-0.39, 0.29) is 12.5 Å². The van der Waals surface area contributed by atoms with Crippen molar-refractivity contribution < 1.29 is 18.7 Å². The summed E-state index contributed by atoms with van der Waals surface area (Å²) < 4.78 is 24.1. The summed E-state index contributed by atoms with van der Waals surface area (Å²) >= 11 is 0. The first kappa shape index (κ1) is 19.4. The number of carbonyl (C=O) groups excluding carboxylic acids is 1. The Morgan fingerprint density at radius 2 is 2.28 bits per heavy atom. The molecule has 0 spiro atoms. The van der Waals surface area contributed by atoms with Crippen molar-refractivity contribution in [3.63, 3.8) is 0 Å². The summed E-state index contributed by atoms with van der Waals surface area (Å²) in [5.74, 6) is -0.379. The van der Waals surface area contributed by atoms with E-state index in [2.05, 4.69) is 18.3 Å². The normalized spacial score (nSPS) is 23.0. The number of nitrogens with one attached hydrogen (secondary N) is 1. The highest BCUT2D eigenvalue weighted by Crippen LogP contribution is 2.32. The Balaban J connectivity index is 2.07. The molecule has 1 aromatic rings. The van der Waals surface area contributed by atoms with Crippen LogP contribution in [0.2, 0.25) is 0 Å². The third kappa shape index (κ3) is 5.25. The van der Waals surface area contributed by atoms with Crippen LogP contribution in [0.25, 0.3) is 0 Å². The van der Waals surface area contributed by atoms with Gasteiger partial charge in [-0.3, -0.25) is 4.79 Å². The minimum absolute atomic E-state index is 0.0662. The number of ether oxygens (including phenoxy) is 2. The number of amides is 1. The molecule has 1 saturated carbocycles. The van der Waals surface area contributed by atoms with Gasteiger partial charge in [0.25, 0.3) is 5.91 Å². The van der Waals surface area contributed by atoms with Crippen LogP contribution in [0.15, 0.2) is 18.2 Å². The number of nitriles is 1. The van der Waals surface area contributed by atoms with E-state index in [9.17, 15) is 14.4 Å². The van der Waals surface area contributed by atoms with Gasteiger partial charge in [0.1, 0.15) is 11.4 Å². The van der Waals surface area contributed by atoms with E-state index in [1.165, 1.54) is 18.2 Å². The number of nitrogens with zero attached hydrogens (tertiary/aromatic N) is 1. The molecule has 6 heteroatoms. The maximum absolute atomic E-state index is 13.9. The van der Waals surface area contributed by atoms with Crippen LogP contribution < -0.4 is 5.32 Å². The van der Waals surface area contributed by atoms with E-state index in [4.69, 9.17) is 9.47 Å². The van der Waals surface area contributed by atoms with E-state index in [0.29, 0.717) is 43.1 Å². The van der Waals surface area contributed by atoms with Crippen molar-refractivity contribution in [3.05, 3.63) is 35.1 Å². The van der Waals surface area contributed by atoms with Gasteiger partial charge in [-0.05, 0) is 43.4 Å². The Bertz CT molecular complexity index is 644. The Hall–Kier alpha value is -1.97. The average Bonchev–Trinajstić information content (AvgIpc) is 2.60. The van der Waals surface area contributed by atoms with E-state index in [1.54, 1.807) is 7.11 Å². The van der Waals surface area contributed by atoms with Gasteiger partial charge in [-0.15, -0.1) is 0 Å². The fourth-order valence-corrected chi connectivity index (χ4v) is 3.23. The van der Waals surface area contributed by atoms with Crippen molar-refractivity contribution in [2.45, 2.75) is 44.8 Å². The lowest BCUT2D eigenvalue weighted by Gasteiger charge is -2.35. The highest BCUT2D eigenvalue weighted by atomic mass is 19.1. The zero-order valence-electron chi connectivity index (χ0n) is 14.8. The lowest BCUT2D eigenvalue weighted by atomic mass is 9.77. The smallest absolute Gasteiger partial charge is 0.252 e. The van der Waals surface area contributed by atoms with E-state index >= 15 is 0 Å². The summed E-state index contributed by atoms with van der Waals surface area (Å²) in [4.78, 5) is 12.6. The van der Waals surface area contributed by atoms with Crippen LogP contribution in [0.5, 0.6) is 0 Å². The second-order valence-corrected chi connectivity index (χ2v) is 6.70. The van der Waals surface area contributed by atoms with Crippen molar-refractivity contribution in [3.8, 4) is 6.07 Å². The highest BCUT2D eigenvalue weighted by Gasteiger charge is 2.36. The molecule has 0 radical (unpaired) electrons. The molecule has 2 atom stereocenters. The molecule has 136 valence electrons. The summed E-state index contributed by atoms with van der Waals surface area (Å²) in [5.41, 5.74) is -0.190. The molecule has 0 aliphatic heterocycles. The average molecular weight is 348 g/mol. The standard InChI is InChI=1S/C19H25FN2O3/c1-14-4-3-7-19(11-14,13-21)22-18(23)15-5-6-17(20)16(10-15)12-25-9-8-24-2/h5-6,10,14H,3-4,7-9,11-12H2,1-2H3,(H,22,23)/t14-,19-/m0/s1.